The van der Waals surface area contributed by atoms with Gasteiger partial charge in [-0.15, -0.1) is 0 Å². The number of benzene rings is 2. The summed E-state index contributed by atoms with van der Waals surface area (Å²) >= 11 is 0. The van der Waals surface area contributed by atoms with E-state index in [4.69, 9.17) is 15.6 Å². The van der Waals surface area contributed by atoms with Crippen LogP contribution in [0.1, 0.15) is 21.5 Å². The number of nitrogens with zero attached hydrogens (tertiary/aromatic N) is 2. The molecular weight excluding hydrogens is 418 g/mol. The average Bonchev–Trinajstić information content (AvgIpc) is 3.14. The fourth-order valence-corrected chi connectivity index (χ4v) is 3.45. The van der Waals surface area contributed by atoms with Crippen LogP contribution in [0.3, 0.4) is 0 Å². The molecule has 0 spiro atoms. The highest BCUT2D eigenvalue weighted by Crippen LogP contribution is 2.36. The van der Waals surface area contributed by atoms with Crippen LogP contribution in [-0.4, -0.2) is 36.2 Å². The molecule has 0 bridgehead atoms. The lowest BCUT2D eigenvalue weighted by Gasteiger charge is -2.19. The van der Waals surface area contributed by atoms with Gasteiger partial charge in [0.2, 0.25) is 11.8 Å². The van der Waals surface area contributed by atoms with E-state index >= 15 is 0 Å². The number of methoxy groups -OCH3 is 1. The molecule has 0 fully saturated rings. The van der Waals surface area contributed by atoms with Crippen molar-refractivity contribution >= 4 is 23.4 Å². The first kappa shape index (κ1) is 21.1. The molecule has 4 rings (SSSR count). The number of carbonyl (C=O) groups is 1. The van der Waals surface area contributed by atoms with Gasteiger partial charge in [-0.2, -0.15) is 8.78 Å². The minimum atomic E-state index is -3.12. The first-order valence-electron chi connectivity index (χ1n) is 9.57. The number of hydrogen-bond acceptors (Lipinski definition) is 6. The van der Waals surface area contributed by atoms with Gasteiger partial charge in [0.25, 0.3) is 11.8 Å². The number of fused-ring (bicyclic) bond motifs is 1. The predicted molar refractivity (Wildman–Crippen MR) is 115 cm³/mol. The van der Waals surface area contributed by atoms with E-state index in [0.717, 1.165) is 11.1 Å². The van der Waals surface area contributed by atoms with E-state index in [0.29, 0.717) is 29.4 Å². The topological polar surface area (TPSA) is 99.4 Å². The molecule has 0 saturated carbocycles. The summed E-state index contributed by atoms with van der Waals surface area (Å²) in [5, 5.41) is 14.9. The van der Waals surface area contributed by atoms with Crippen molar-refractivity contribution in [3.63, 3.8) is 0 Å². The molecule has 0 unspecified atom stereocenters. The molecule has 0 atom stereocenters. The Kier molecular flexibility index (Phi) is 5.63. The molecule has 162 valence electrons. The quantitative estimate of drug-likeness (QED) is 0.454. The van der Waals surface area contributed by atoms with Crippen LogP contribution in [0.2, 0.25) is 0 Å². The van der Waals surface area contributed by atoms with Gasteiger partial charge in [0.15, 0.2) is 0 Å². The van der Waals surface area contributed by atoms with E-state index in [9.17, 15) is 13.6 Å². The van der Waals surface area contributed by atoms with Crippen molar-refractivity contribution in [3.05, 3.63) is 77.4 Å². The molecule has 0 radical (unpaired) electrons. The molecule has 3 aromatic rings. The van der Waals surface area contributed by atoms with Crippen LogP contribution in [-0.2, 0) is 11.3 Å². The SMILES string of the molecule is COc1cccc(-c2ccccc2N2Cc3ccc(C(=N)OC(=N)C(F)F)cc3C2=O)n1. The maximum absolute atomic E-state index is 13.2. The van der Waals surface area contributed by atoms with Crippen molar-refractivity contribution in [1.82, 2.24) is 4.98 Å². The zero-order valence-corrected chi connectivity index (χ0v) is 16.9. The van der Waals surface area contributed by atoms with Crippen LogP contribution in [0.15, 0.2) is 60.7 Å². The molecule has 0 aliphatic carbocycles. The Labute approximate surface area is 182 Å². The Morgan fingerprint density at radius 3 is 2.59 bits per heavy atom. The predicted octanol–water partition coefficient (Wildman–Crippen LogP) is 4.50. The molecule has 2 aromatic carbocycles. The molecule has 7 nitrogen and oxygen atoms in total. The van der Waals surface area contributed by atoms with E-state index < -0.39 is 18.2 Å². The van der Waals surface area contributed by atoms with Crippen LogP contribution < -0.4 is 9.64 Å². The third kappa shape index (κ3) is 3.92. The largest absolute Gasteiger partial charge is 0.481 e. The lowest BCUT2D eigenvalue weighted by atomic mass is 10.1. The highest BCUT2D eigenvalue weighted by molar-refractivity contribution is 6.13. The van der Waals surface area contributed by atoms with Gasteiger partial charge in [0.1, 0.15) is 0 Å². The number of ether oxygens (including phenoxy) is 2. The van der Waals surface area contributed by atoms with Crippen molar-refractivity contribution in [3.8, 4) is 17.1 Å². The van der Waals surface area contributed by atoms with Crippen molar-refractivity contribution in [2.24, 2.45) is 0 Å². The van der Waals surface area contributed by atoms with E-state index in [-0.39, 0.29) is 11.5 Å². The van der Waals surface area contributed by atoms with Gasteiger partial charge in [0.05, 0.1) is 25.0 Å². The van der Waals surface area contributed by atoms with Gasteiger partial charge >= 0.3 is 6.43 Å². The second-order valence-electron chi connectivity index (χ2n) is 6.94. The number of para-hydroxylation sites is 1. The summed E-state index contributed by atoms with van der Waals surface area (Å²) in [7, 11) is 1.53. The van der Waals surface area contributed by atoms with Crippen LogP contribution >= 0.6 is 0 Å². The number of anilines is 1. The normalized spacial score (nSPS) is 12.6. The molecular formula is C23H18F2N4O3. The van der Waals surface area contributed by atoms with Crippen LogP contribution in [0.4, 0.5) is 14.5 Å². The van der Waals surface area contributed by atoms with E-state index in [2.05, 4.69) is 9.72 Å². The molecule has 1 aliphatic heterocycles. The molecule has 2 heterocycles. The summed E-state index contributed by atoms with van der Waals surface area (Å²) in [5.74, 6) is -1.78. The third-order valence-electron chi connectivity index (χ3n) is 4.99. The van der Waals surface area contributed by atoms with Crippen LogP contribution in [0, 0.1) is 10.8 Å². The molecule has 1 amide bonds. The Balaban J connectivity index is 1.65. The number of hydrogen-bond donors (Lipinski definition) is 2. The summed E-state index contributed by atoms with van der Waals surface area (Å²) in [6, 6.07) is 17.3. The number of rotatable bonds is 5. The molecule has 9 heteroatoms. The number of halogens is 2. The van der Waals surface area contributed by atoms with Crippen molar-refractivity contribution in [1.29, 1.82) is 10.8 Å². The zero-order valence-electron chi connectivity index (χ0n) is 16.9. The van der Waals surface area contributed by atoms with Gasteiger partial charge in [-0.05, 0) is 29.8 Å². The van der Waals surface area contributed by atoms with Gasteiger partial charge in [-0.3, -0.25) is 15.6 Å². The number of pyridine rings is 1. The van der Waals surface area contributed by atoms with E-state index in [1.165, 1.54) is 19.2 Å². The first-order valence-corrected chi connectivity index (χ1v) is 9.57. The highest BCUT2D eigenvalue weighted by Gasteiger charge is 2.31. The number of aromatic nitrogens is 1. The maximum Gasteiger partial charge on any atom is 0.312 e. The van der Waals surface area contributed by atoms with E-state index in [1.807, 2.05) is 36.4 Å². The van der Waals surface area contributed by atoms with Crippen molar-refractivity contribution < 1.29 is 23.0 Å². The fraction of sp³-hybridized carbons (Fsp3) is 0.130. The van der Waals surface area contributed by atoms with Crippen molar-refractivity contribution in [2.45, 2.75) is 13.0 Å². The van der Waals surface area contributed by atoms with Gasteiger partial charge < -0.3 is 14.4 Å². The lowest BCUT2D eigenvalue weighted by Crippen LogP contribution is -2.24. The first-order chi connectivity index (χ1) is 15.4. The molecule has 1 aliphatic rings. The second kappa shape index (κ2) is 8.54. The van der Waals surface area contributed by atoms with Crippen LogP contribution in [0.25, 0.3) is 11.3 Å². The molecule has 2 N–H and O–H groups in total. The Bertz CT molecular complexity index is 1230. The summed E-state index contributed by atoms with van der Waals surface area (Å²) < 4.78 is 34.8. The number of carbonyl (C=O) groups excluding carboxylic acids is 1. The zero-order chi connectivity index (χ0) is 22.8. The Morgan fingerprint density at radius 1 is 1.06 bits per heavy atom. The molecule has 32 heavy (non-hydrogen) atoms. The highest BCUT2D eigenvalue weighted by atomic mass is 19.3. The Hall–Kier alpha value is -4.14. The summed E-state index contributed by atoms with van der Waals surface area (Å²) in [4.78, 5) is 19.3. The lowest BCUT2D eigenvalue weighted by molar-refractivity contribution is 0.0996. The van der Waals surface area contributed by atoms with Gasteiger partial charge in [-0.25, -0.2) is 4.98 Å². The number of amides is 1. The summed E-state index contributed by atoms with van der Waals surface area (Å²) in [6.07, 6.45) is -3.12. The minimum absolute atomic E-state index is 0.132. The summed E-state index contributed by atoms with van der Waals surface area (Å²) in [6.45, 7) is 0.302. The molecule has 0 saturated heterocycles. The van der Waals surface area contributed by atoms with Crippen LogP contribution in [0.5, 0.6) is 5.88 Å². The van der Waals surface area contributed by atoms with Gasteiger partial charge in [-0.1, -0.05) is 30.3 Å². The van der Waals surface area contributed by atoms with E-state index in [1.54, 1.807) is 17.0 Å². The number of alkyl halides is 2. The summed E-state index contributed by atoms with van der Waals surface area (Å²) in [5.41, 5.74) is 3.24. The maximum atomic E-state index is 13.2. The van der Waals surface area contributed by atoms with Crippen molar-refractivity contribution in [2.75, 3.05) is 12.0 Å². The fourth-order valence-electron chi connectivity index (χ4n) is 3.45. The second-order valence-corrected chi connectivity index (χ2v) is 6.94. The average molecular weight is 436 g/mol. The number of nitrogens with one attached hydrogen (secondary N) is 2. The Morgan fingerprint density at radius 2 is 1.84 bits per heavy atom. The minimum Gasteiger partial charge on any atom is -0.481 e. The monoisotopic (exact) mass is 436 g/mol. The standard InChI is InChI=1S/C23H18F2N4O3/c1-31-19-8-4-6-17(28-19)15-5-2-3-7-18(15)29-12-14-10-9-13(11-16(14)23(29)30)21(26)32-22(27)20(24)25/h2-11,20,26-27H,12H2,1H3. The smallest absolute Gasteiger partial charge is 0.312 e. The van der Waals surface area contributed by atoms with Gasteiger partial charge in [0, 0.05) is 22.8 Å². The molecule has 1 aromatic heterocycles. The third-order valence-corrected chi connectivity index (χ3v) is 4.99.